The highest BCUT2D eigenvalue weighted by Crippen LogP contribution is 2.19. The lowest BCUT2D eigenvalue weighted by Gasteiger charge is -2.18. The first-order valence-corrected chi connectivity index (χ1v) is 7.18. The number of non-ortho nitro benzene ring substituents is 1. The fourth-order valence-electron chi connectivity index (χ4n) is 2.19. The Balaban J connectivity index is 2.22. The van der Waals surface area contributed by atoms with Gasteiger partial charge in [-0.2, -0.15) is 0 Å². The van der Waals surface area contributed by atoms with Crippen molar-refractivity contribution in [3.05, 3.63) is 75.8 Å². The van der Waals surface area contributed by atoms with E-state index < -0.39 is 22.8 Å². The van der Waals surface area contributed by atoms with Gasteiger partial charge in [-0.25, -0.2) is 0 Å². The van der Waals surface area contributed by atoms with Crippen LogP contribution in [0.15, 0.2) is 54.6 Å². The van der Waals surface area contributed by atoms with Crippen LogP contribution in [0.5, 0.6) is 0 Å². The van der Waals surface area contributed by atoms with Gasteiger partial charge in [0.05, 0.1) is 24.5 Å². The van der Waals surface area contributed by atoms with Crippen LogP contribution < -0.4 is 5.32 Å². The number of nitrogens with one attached hydrogen (secondary N) is 1. The number of nitrogens with zero attached hydrogens (tertiary/aromatic N) is 1. The summed E-state index contributed by atoms with van der Waals surface area (Å²) in [6.07, 6.45) is -0.0405. The number of nitro groups is 1. The van der Waals surface area contributed by atoms with E-state index in [1.54, 1.807) is 24.3 Å². The molecule has 0 fully saturated rings. The summed E-state index contributed by atoms with van der Waals surface area (Å²) in [5.74, 6) is -0.973. The SMILES string of the molecule is COC(=O)C[C@@H](NC(=O)c1cccc([N+](=O)[O-])c1)c1ccccc1. The van der Waals surface area contributed by atoms with Gasteiger partial charge in [0.25, 0.3) is 11.6 Å². The Kier molecular flexibility index (Phi) is 5.62. The molecule has 0 spiro atoms. The maximum Gasteiger partial charge on any atom is 0.307 e. The summed E-state index contributed by atoms with van der Waals surface area (Å²) in [6.45, 7) is 0. The second kappa shape index (κ2) is 7.87. The molecule has 0 saturated heterocycles. The minimum absolute atomic E-state index is 0.0405. The van der Waals surface area contributed by atoms with E-state index in [2.05, 4.69) is 10.1 Å². The summed E-state index contributed by atoms with van der Waals surface area (Å²) in [7, 11) is 1.27. The number of hydrogen-bond acceptors (Lipinski definition) is 5. The Morgan fingerprint density at radius 3 is 2.50 bits per heavy atom. The number of nitro benzene ring substituents is 1. The van der Waals surface area contributed by atoms with Crippen LogP contribution in [0.2, 0.25) is 0 Å². The molecule has 0 radical (unpaired) electrons. The van der Waals surface area contributed by atoms with Gasteiger partial charge < -0.3 is 10.1 Å². The molecule has 2 aromatic carbocycles. The van der Waals surface area contributed by atoms with Gasteiger partial charge in [0.2, 0.25) is 0 Å². The maximum atomic E-state index is 12.4. The van der Waals surface area contributed by atoms with Crippen LogP contribution in [-0.2, 0) is 9.53 Å². The molecular weight excluding hydrogens is 312 g/mol. The molecule has 2 aromatic rings. The number of amides is 1. The standard InChI is InChI=1S/C17H16N2O5/c1-24-16(20)11-15(12-6-3-2-4-7-12)18-17(21)13-8-5-9-14(10-13)19(22)23/h2-10,15H,11H2,1H3,(H,18,21)/t15-/m1/s1. The molecule has 0 aromatic heterocycles. The van der Waals surface area contributed by atoms with E-state index in [4.69, 9.17) is 0 Å². The zero-order valence-electron chi connectivity index (χ0n) is 13.0. The molecule has 0 aliphatic rings. The zero-order chi connectivity index (χ0) is 17.5. The molecule has 24 heavy (non-hydrogen) atoms. The van der Waals surface area contributed by atoms with Crippen LogP contribution in [0.4, 0.5) is 5.69 Å². The van der Waals surface area contributed by atoms with Gasteiger partial charge in [0.1, 0.15) is 0 Å². The van der Waals surface area contributed by atoms with Crippen LogP contribution in [0, 0.1) is 10.1 Å². The maximum absolute atomic E-state index is 12.4. The van der Waals surface area contributed by atoms with E-state index in [0.717, 1.165) is 5.56 Å². The highest BCUT2D eigenvalue weighted by atomic mass is 16.6. The number of rotatable bonds is 6. The van der Waals surface area contributed by atoms with Crippen molar-refractivity contribution in [2.75, 3.05) is 7.11 Å². The quantitative estimate of drug-likeness (QED) is 0.499. The van der Waals surface area contributed by atoms with E-state index in [0.29, 0.717) is 0 Å². The molecule has 1 amide bonds. The number of carbonyl (C=O) groups is 2. The summed E-state index contributed by atoms with van der Waals surface area (Å²) in [4.78, 5) is 34.2. The van der Waals surface area contributed by atoms with Gasteiger partial charge in [-0.05, 0) is 11.6 Å². The van der Waals surface area contributed by atoms with Gasteiger partial charge >= 0.3 is 5.97 Å². The van der Waals surface area contributed by atoms with Crippen LogP contribution in [0.3, 0.4) is 0 Å². The molecule has 124 valence electrons. The molecular formula is C17H16N2O5. The topological polar surface area (TPSA) is 98.5 Å². The molecule has 0 aliphatic heterocycles. The molecule has 0 aliphatic carbocycles. The number of methoxy groups -OCH3 is 1. The third-order valence-electron chi connectivity index (χ3n) is 3.42. The van der Waals surface area contributed by atoms with Gasteiger partial charge in [0, 0.05) is 17.7 Å². The molecule has 7 nitrogen and oxygen atoms in total. The average Bonchev–Trinajstić information content (AvgIpc) is 2.61. The highest BCUT2D eigenvalue weighted by Gasteiger charge is 2.20. The lowest BCUT2D eigenvalue weighted by atomic mass is 10.0. The monoisotopic (exact) mass is 328 g/mol. The predicted octanol–water partition coefficient (Wildman–Crippen LogP) is 2.63. The first-order valence-electron chi connectivity index (χ1n) is 7.18. The normalized spacial score (nSPS) is 11.4. The van der Waals surface area contributed by atoms with Crippen molar-refractivity contribution >= 4 is 17.6 Å². The predicted molar refractivity (Wildman–Crippen MR) is 86.4 cm³/mol. The van der Waals surface area contributed by atoms with Crippen molar-refractivity contribution in [1.82, 2.24) is 5.32 Å². The average molecular weight is 328 g/mol. The second-order valence-electron chi connectivity index (χ2n) is 5.02. The van der Waals surface area contributed by atoms with Gasteiger partial charge in [-0.1, -0.05) is 36.4 Å². The van der Waals surface area contributed by atoms with Crippen LogP contribution >= 0.6 is 0 Å². The molecule has 2 rings (SSSR count). The minimum atomic E-state index is -0.592. The third-order valence-corrected chi connectivity index (χ3v) is 3.42. The van der Waals surface area contributed by atoms with Gasteiger partial charge in [-0.15, -0.1) is 0 Å². The smallest absolute Gasteiger partial charge is 0.307 e. The van der Waals surface area contributed by atoms with E-state index in [-0.39, 0.29) is 17.7 Å². The molecule has 1 atom stereocenters. The fraction of sp³-hybridized carbons (Fsp3) is 0.176. The minimum Gasteiger partial charge on any atom is -0.469 e. The first-order chi connectivity index (χ1) is 11.5. The zero-order valence-corrected chi connectivity index (χ0v) is 13.0. The van der Waals surface area contributed by atoms with E-state index >= 15 is 0 Å². The highest BCUT2D eigenvalue weighted by molar-refractivity contribution is 5.95. The Morgan fingerprint density at radius 1 is 1.17 bits per heavy atom. The van der Waals surface area contributed by atoms with E-state index in [9.17, 15) is 19.7 Å². The van der Waals surface area contributed by atoms with Crippen LogP contribution in [0.1, 0.15) is 28.4 Å². The fourth-order valence-corrected chi connectivity index (χ4v) is 2.19. The third kappa shape index (κ3) is 4.39. The Bertz CT molecular complexity index is 746. The van der Waals surface area contributed by atoms with Crippen LogP contribution in [0.25, 0.3) is 0 Å². The molecule has 0 heterocycles. The van der Waals surface area contributed by atoms with Crippen molar-refractivity contribution in [2.24, 2.45) is 0 Å². The summed E-state index contributed by atoms with van der Waals surface area (Å²) < 4.78 is 4.66. The van der Waals surface area contributed by atoms with Gasteiger partial charge in [-0.3, -0.25) is 19.7 Å². The van der Waals surface area contributed by atoms with Crippen molar-refractivity contribution in [3.63, 3.8) is 0 Å². The van der Waals surface area contributed by atoms with Crippen molar-refractivity contribution in [1.29, 1.82) is 0 Å². The first kappa shape index (κ1) is 17.1. The molecule has 7 heteroatoms. The van der Waals surface area contributed by atoms with Crippen molar-refractivity contribution < 1.29 is 19.2 Å². The second-order valence-corrected chi connectivity index (χ2v) is 5.02. The Hall–Kier alpha value is -3.22. The lowest BCUT2D eigenvalue weighted by Crippen LogP contribution is -2.30. The molecule has 0 bridgehead atoms. The van der Waals surface area contributed by atoms with Gasteiger partial charge in [0.15, 0.2) is 0 Å². The van der Waals surface area contributed by atoms with Crippen molar-refractivity contribution in [2.45, 2.75) is 12.5 Å². The van der Waals surface area contributed by atoms with E-state index in [1.807, 2.05) is 6.07 Å². The van der Waals surface area contributed by atoms with Crippen molar-refractivity contribution in [3.8, 4) is 0 Å². The Morgan fingerprint density at radius 2 is 1.88 bits per heavy atom. The summed E-state index contributed by atoms with van der Waals surface area (Å²) in [6, 6.07) is 13.8. The molecule has 0 saturated carbocycles. The summed E-state index contributed by atoms with van der Waals surface area (Å²) >= 11 is 0. The summed E-state index contributed by atoms with van der Waals surface area (Å²) in [5.41, 5.74) is 0.712. The summed E-state index contributed by atoms with van der Waals surface area (Å²) in [5, 5.41) is 13.5. The largest absolute Gasteiger partial charge is 0.469 e. The number of hydrogen-bond donors (Lipinski definition) is 1. The molecule has 1 N–H and O–H groups in total. The van der Waals surface area contributed by atoms with Crippen LogP contribution in [-0.4, -0.2) is 23.9 Å². The number of esters is 1. The van der Waals surface area contributed by atoms with E-state index in [1.165, 1.54) is 31.4 Å². The number of carbonyl (C=O) groups excluding carboxylic acids is 2. The number of benzene rings is 2. The molecule has 0 unspecified atom stereocenters. The lowest BCUT2D eigenvalue weighted by molar-refractivity contribution is -0.384. The number of ether oxygens (including phenoxy) is 1. The Labute approximate surface area is 138 Å².